The highest BCUT2D eigenvalue weighted by molar-refractivity contribution is 9.93. The quantitative estimate of drug-likeness (QED) is 0.197. The number of hydrogen-bond donors (Lipinski definition) is 0. The summed E-state index contributed by atoms with van der Waals surface area (Å²) in [6.45, 7) is 4.35. The van der Waals surface area contributed by atoms with Crippen LogP contribution in [-0.2, 0) is 19.2 Å². The molecular weight excluding hydrogens is 836 g/mol. The SMILES string of the molecule is BrBr.C=CCN1C(=O)C2CC=CCC2C1=O.O=C1C2CC(Br)C(Br)CC2C(=O)N1CC(Br)CBr. The number of imide groups is 2. The zero-order chi connectivity index (χ0) is 25.6. The zero-order valence-corrected chi connectivity index (χ0v) is 27.7. The largest absolute Gasteiger partial charge is 0.281 e. The lowest BCUT2D eigenvalue weighted by Crippen LogP contribution is -2.36. The number of allylic oxidation sites excluding steroid dienone is 2. The summed E-state index contributed by atoms with van der Waals surface area (Å²) in [5.74, 6) is -0.525. The van der Waals surface area contributed by atoms with E-state index < -0.39 is 0 Å². The maximum Gasteiger partial charge on any atom is 0.233 e. The predicted octanol–water partition coefficient (Wildman–Crippen LogP) is 5.88. The highest BCUT2D eigenvalue weighted by Gasteiger charge is 2.52. The van der Waals surface area contributed by atoms with Gasteiger partial charge in [0.25, 0.3) is 0 Å². The normalized spacial score (nSPS) is 32.9. The summed E-state index contributed by atoms with van der Waals surface area (Å²) in [5.41, 5.74) is 0. The number of nitrogens with zero attached hydrogens (tertiary/aromatic N) is 2. The van der Waals surface area contributed by atoms with Crippen molar-refractivity contribution in [2.75, 3.05) is 18.4 Å². The number of hydrogen-bond acceptors (Lipinski definition) is 4. The van der Waals surface area contributed by atoms with Crippen LogP contribution in [0.15, 0.2) is 24.8 Å². The molecule has 2 aliphatic heterocycles. The minimum atomic E-state index is -0.134. The molecule has 2 heterocycles. The van der Waals surface area contributed by atoms with Crippen molar-refractivity contribution in [3.63, 3.8) is 0 Å². The van der Waals surface area contributed by atoms with Crippen LogP contribution in [0.2, 0.25) is 0 Å². The smallest absolute Gasteiger partial charge is 0.233 e. The number of amides is 4. The third-order valence-corrected chi connectivity index (χ3v) is 11.5. The first-order chi connectivity index (χ1) is 16.2. The second-order valence-electron chi connectivity index (χ2n) is 8.49. The van der Waals surface area contributed by atoms with Gasteiger partial charge in [0, 0.05) is 61.2 Å². The first-order valence-electron chi connectivity index (χ1n) is 10.8. The Morgan fingerprint density at radius 2 is 1.26 bits per heavy atom. The summed E-state index contributed by atoms with van der Waals surface area (Å²) in [7, 11) is 0. The molecule has 12 heteroatoms. The molecule has 6 nitrogen and oxygen atoms in total. The van der Waals surface area contributed by atoms with Gasteiger partial charge >= 0.3 is 0 Å². The first-order valence-corrected chi connectivity index (χ1v) is 18.4. The fourth-order valence-electron chi connectivity index (χ4n) is 4.77. The molecule has 0 aromatic heterocycles. The lowest BCUT2D eigenvalue weighted by Gasteiger charge is -2.29. The second kappa shape index (κ2) is 14.5. The highest BCUT2D eigenvalue weighted by Crippen LogP contribution is 2.43. The molecule has 4 amide bonds. The molecule has 2 saturated heterocycles. The van der Waals surface area contributed by atoms with Crippen LogP contribution in [0.5, 0.6) is 0 Å². The van der Waals surface area contributed by atoms with Crippen LogP contribution in [0, 0.1) is 23.7 Å². The number of fused-ring (bicyclic) bond motifs is 2. The highest BCUT2D eigenvalue weighted by atomic mass is 80.9. The molecule has 2 aliphatic carbocycles. The van der Waals surface area contributed by atoms with Gasteiger partial charge in [0.05, 0.1) is 23.7 Å². The average molecular weight is 862 g/mol. The van der Waals surface area contributed by atoms with Gasteiger partial charge in [-0.2, -0.15) is 0 Å². The van der Waals surface area contributed by atoms with Crippen LogP contribution < -0.4 is 0 Å². The fourth-order valence-corrected chi connectivity index (χ4v) is 6.50. The summed E-state index contributed by atoms with van der Waals surface area (Å²) in [6.07, 6.45) is 8.48. The molecule has 4 aliphatic rings. The molecule has 0 radical (unpaired) electrons. The topological polar surface area (TPSA) is 74.8 Å². The van der Waals surface area contributed by atoms with Crippen LogP contribution in [0.4, 0.5) is 0 Å². The minimum Gasteiger partial charge on any atom is -0.281 e. The Kier molecular flexibility index (Phi) is 13.2. The zero-order valence-electron chi connectivity index (χ0n) is 18.2. The van der Waals surface area contributed by atoms with E-state index in [1.54, 1.807) is 6.08 Å². The molecule has 1 saturated carbocycles. The van der Waals surface area contributed by atoms with E-state index in [1.165, 1.54) is 9.80 Å². The molecule has 3 fully saturated rings. The number of halogens is 6. The Hall–Kier alpha value is 0.640. The van der Waals surface area contributed by atoms with E-state index in [4.69, 9.17) is 0 Å². The van der Waals surface area contributed by atoms with Gasteiger partial charge in [-0.15, -0.1) is 6.58 Å². The molecule has 7 atom stereocenters. The molecule has 34 heavy (non-hydrogen) atoms. The van der Waals surface area contributed by atoms with Crippen molar-refractivity contribution in [1.29, 1.82) is 0 Å². The monoisotopic (exact) mass is 856 g/mol. The molecule has 190 valence electrons. The first kappa shape index (κ1) is 30.9. The summed E-state index contributed by atoms with van der Waals surface area (Å²) in [6, 6.07) is 0. The van der Waals surface area contributed by atoms with E-state index in [-0.39, 0.29) is 61.8 Å². The van der Waals surface area contributed by atoms with Crippen LogP contribution >= 0.6 is 92.0 Å². The van der Waals surface area contributed by atoms with E-state index in [0.717, 1.165) is 18.2 Å². The minimum absolute atomic E-state index is 0.000694. The number of carbonyl (C=O) groups excluding carboxylic acids is 4. The van der Waals surface area contributed by atoms with Crippen LogP contribution in [-0.4, -0.2) is 66.3 Å². The molecular formula is C22H26Br6N2O4. The molecule has 0 N–H and O–H groups in total. The van der Waals surface area contributed by atoms with Crippen molar-refractivity contribution in [1.82, 2.24) is 9.80 Å². The van der Waals surface area contributed by atoms with Crippen molar-refractivity contribution in [2.45, 2.75) is 40.2 Å². The third kappa shape index (κ3) is 6.94. The van der Waals surface area contributed by atoms with E-state index in [1.807, 2.05) is 12.2 Å². The van der Waals surface area contributed by atoms with Crippen LogP contribution in [0.25, 0.3) is 0 Å². The Bertz CT molecular complexity index is 771. The van der Waals surface area contributed by atoms with Crippen molar-refractivity contribution >= 4 is 116 Å². The molecule has 0 aromatic rings. The van der Waals surface area contributed by atoms with Crippen molar-refractivity contribution in [2.24, 2.45) is 23.7 Å². The van der Waals surface area contributed by atoms with Crippen LogP contribution in [0.1, 0.15) is 25.7 Å². The summed E-state index contributed by atoms with van der Waals surface area (Å²) >= 11 is 19.5. The molecule has 0 aromatic carbocycles. The Morgan fingerprint density at radius 3 is 1.65 bits per heavy atom. The number of carbonyl (C=O) groups is 4. The maximum atomic E-state index is 12.3. The lowest BCUT2D eigenvalue weighted by atomic mass is 9.81. The summed E-state index contributed by atoms with van der Waals surface area (Å²) < 4.78 is 0. The van der Waals surface area contributed by atoms with Gasteiger partial charge in [-0.25, -0.2) is 0 Å². The Labute approximate surface area is 249 Å². The second-order valence-corrected chi connectivity index (χ2v) is 12.8. The van der Waals surface area contributed by atoms with Gasteiger partial charge in [0.15, 0.2) is 0 Å². The van der Waals surface area contributed by atoms with E-state index >= 15 is 0 Å². The molecule has 4 rings (SSSR count). The molecule has 0 spiro atoms. The van der Waals surface area contributed by atoms with Crippen molar-refractivity contribution in [3.05, 3.63) is 24.8 Å². The predicted molar refractivity (Wildman–Crippen MR) is 155 cm³/mol. The van der Waals surface area contributed by atoms with E-state index in [2.05, 4.69) is 98.6 Å². The van der Waals surface area contributed by atoms with Gasteiger partial charge in [0.1, 0.15) is 0 Å². The van der Waals surface area contributed by atoms with Gasteiger partial charge in [0.2, 0.25) is 23.6 Å². The lowest BCUT2D eigenvalue weighted by molar-refractivity contribution is -0.141. The number of rotatable bonds is 5. The van der Waals surface area contributed by atoms with Gasteiger partial charge in [-0.1, -0.05) is 81.9 Å². The Balaban J connectivity index is 0.000000230. The average Bonchev–Trinajstić information content (AvgIpc) is 3.22. The Morgan fingerprint density at radius 1 is 0.853 bits per heavy atom. The summed E-state index contributed by atoms with van der Waals surface area (Å²) in [5, 5.41) is 0.724. The standard InChI is InChI=1S/C11H13Br4NO2.C11H13NO2.Br2/c12-3-5(13)4-16-10(17)6-1-8(14)9(15)2-7(6)11(16)18;1-2-7-12-10(13)8-5-3-4-6-9(8)11(12)14;1-2/h5-9H,1-4H2;2-4,8-9H,1,5-7H2;. The van der Waals surface area contributed by atoms with Crippen molar-refractivity contribution < 1.29 is 19.2 Å². The van der Waals surface area contributed by atoms with Gasteiger partial charge in [-0.3, -0.25) is 29.0 Å². The number of alkyl halides is 4. The molecule has 7 unspecified atom stereocenters. The fraction of sp³-hybridized carbons (Fsp3) is 0.636. The van der Waals surface area contributed by atoms with E-state index in [0.29, 0.717) is 25.9 Å². The number of likely N-dealkylation sites (tertiary alicyclic amines) is 2. The third-order valence-electron chi connectivity index (χ3n) is 6.46. The molecule has 0 bridgehead atoms. The summed E-state index contributed by atoms with van der Waals surface area (Å²) in [4.78, 5) is 51.5. The van der Waals surface area contributed by atoms with Crippen LogP contribution in [0.3, 0.4) is 0 Å². The maximum absolute atomic E-state index is 12.3. The van der Waals surface area contributed by atoms with Gasteiger partial charge in [-0.05, 0) is 25.7 Å². The van der Waals surface area contributed by atoms with Crippen molar-refractivity contribution in [3.8, 4) is 0 Å². The van der Waals surface area contributed by atoms with E-state index in [9.17, 15) is 19.2 Å². The van der Waals surface area contributed by atoms with Gasteiger partial charge < -0.3 is 0 Å².